The van der Waals surface area contributed by atoms with Crippen LogP contribution in [0, 0.1) is 0 Å². The van der Waals surface area contributed by atoms with E-state index in [2.05, 4.69) is 10.6 Å². The second-order valence-corrected chi connectivity index (χ2v) is 5.91. The fourth-order valence-electron chi connectivity index (χ4n) is 2.69. The number of nitrogens with one attached hydrogen (secondary N) is 2. The molecule has 5 nitrogen and oxygen atoms in total. The van der Waals surface area contributed by atoms with Crippen LogP contribution in [0.5, 0.6) is 5.75 Å². The number of ether oxygens (including phenoxy) is 1. The maximum absolute atomic E-state index is 12.3. The van der Waals surface area contributed by atoms with Gasteiger partial charge in [-0.15, -0.1) is 0 Å². The Labute approximate surface area is 146 Å². The molecule has 0 radical (unpaired) electrons. The van der Waals surface area contributed by atoms with E-state index in [9.17, 15) is 9.59 Å². The minimum Gasteiger partial charge on any atom is -0.497 e. The first-order valence-corrected chi connectivity index (χ1v) is 8.12. The van der Waals surface area contributed by atoms with Crippen LogP contribution in [0.4, 0.5) is 11.4 Å². The average molecular weight is 336 g/mol. The SMILES string of the molecule is COc1ccc(NC(=O)c2ccc(NC3=C(C)C(=O)CC3)cc2)cc1. The van der Waals surface area contributed by atoms with E-state index >= 15 is 0 Å². The van der Waals surface area contributed by atoms with E-state index in [1.165, 1.54) is 0 Å². The zero-order valence-corrected chi connectivity index (χ0v) is 14.3. The normalized spacial score (nSPS) is 13.8. The van der Waals surface area contributed by atoms with Crippen molar-refractivity contribution in [1.29, 1.82) is 0 Å². The van der Waals surface area contributed by atoms with Gasteiger partial charge in [0.2, 0.25) is 0 Å². The molecular weight excluding hydrogens is 316 g/mol. The van der Waals surface area contributed by atoms with Crippen molar-refractivity contribution in [3.63, 3.8) is 0 Å². The lowest BCUT2D eigenvalue weighted by atomic mass is 10.1. The lowest BCUT2D eigenvalue weighted by molar-refractivity contribution is -0.114. The van der Waals surface area contributed by atoms with Crippen LogP contribution in [0.3, 0.4) is 0 Å². The van der Waals surface area contributed by atoms with Crippen LogP contribution in [0.1, 0.15) is 30.1 Å². The molecule has 0 bridgehead atoms. The van der Waals surface area contributed by atoms with Crippen LogP contribution < -0.4 is 15.4 Å². The molecular formula is C20H20N2O3. The number of hydrogen-bond acceptors (Lipinski definition) is 4. The maximum Gasteiger partial charge on any atom is 0.255 e. The predicted octanol–water partition coefficient (Wildman–Crippen LogP) is 4.00. The molecule has 2 N–H and O–H groups in total. The summed E-state index contributed by atoms with van der Waals surface area (Å²) in [6.07, 6.45) is 1.31. The Bertz CT molecular complexity index is 821. The standard InChI is InChI=1S/C20H20N2O3/c1-13-18(11-12-19(13)23)21-15-5-3-14(4-6-15)20(24)22-16-7-9-17(25-2)10-8-16/h3-10,21H,11-12H2,1-2H3,(H,22,24). The highest BCUT2D eigenvalue weighted by molar-refractivity contribution is 6.04. The van der Waals surface area contributed by atoms with E-state index in [0.29, 0.717) is 17.7 Å². The van der Waals surface area contributed by atoms with Crippen LogP contribution in [-0.2, 0) is 4.79 Å². The summed E-state index contributed by atoms with van der Waals surface area (Å²) in [6.45, 7) is 1.84. The Balaban J connectivity index is 1.65. The zero-order valence-electron chi connectivity index (χ0n) is 14.3. The maximum atomic E-state index is 12.3. The van der Waals surface area contributed by atoms with E-state index in [4.69, 9.17) is 4.74 Å². The summed E-state index contributed by atoms with van der Waals surface area (Å²) in [7, 11) is 1.60. The molecule has 128 valence electrons. The Hall–Kier alpha value is -3.08. The van der Waals surface area contributed by atoms with Crippen LogP contribution >= 0.6 is 0 Å². The summed E-state index contributed by atoms with van der Waals surface area (Å²) in [5.74, 6) is 0.754. The molecule has 0 saturated heterocycles. The molecule has 0 unspecified atom stereocenters. The number of hydrogen-bond donors (Lipinski definition) is 2. The number of Topliss-reactive ketones (excluding diaryl/α,β-unsaturated/α-hetero) is 1. The smallest absolute Gasteiger partial charge is 0.255 e. The largest absolute Gasteiger partial charge is 0.497 e. The Morgan fingerprint density at radius 3 is 2.16 bits per heavy atom. The van der Waals surface area contributed by atoms with Gasteiger partial charge in [-0.2, -0.15) is 0 Å². The quantitative estimate of drug-likeness (QED) is 0.866. The molecule has 0 spiro atoms. The van der Waals surface area contributed by atoms with Gasteiger partial charge in [-0.05, 0) is 61.9 Å². The number of benzene rings is 2. The Kier molecular flexibility index (Phi) is 4.84. The van der Waals surface area contributed by atoms with Crippen molar-refractivity contribution < 1.29 is 14.3 Å². The number of amides is 1. The molecule has 2 aromatic rings. The number of methoxy groups -OCH3 is 1. The lowest BCUT2D eigenvalue weighted by Gasteiger charge is -2.10. The minimum absolute atomic E-state index is 0.178. The summed E-state index contributed by atoms with van der Waals surface area (Å²) in [5.41, 5.74) is 3.89. The van der Waals surface area contributed by atoms with Gasteiger partial charge in [0, 0.05) is 34.6 Å². The summed E-state index contributed by atoms with van der Waals surface area (Å²) in [5, 5.41) is 6.11. The highest BCUT2D eigenvalue weighted by atomic mass is 16.5. The van der Waals surface area contributed by atoms with Crippen molar-refractivity contribution >= 4 is 23.1 Å². The van der Waals surface area contributed by atoms with E-state index in [1.54, 1.807) is 43.5 Å². The van der Waals surface area contributed by atoms with Crippen molar-refractivity contribution in [2.24, 2.45) is 0 Å². The second-order valence-electron chi connectivity index (χ2n) is 5.91. The third-order valence-electron chi connectivity index (χ3n) is 4.26. The van der Waals surface area contributed by atoms with E-state index in [0.717, 1.165) is 29.1 Å². The number of carbonyl (C=O) groups is 2. The molecule has 1 aliphatic carbocycles. The predicted molar refractivity (Wildman–Crippen MR) is 98.0 cm³/mol. The van der Waals surface area contributed by atoms with Gasteiger partial charge in [0.25, 0.3) is 5.91 Å². The molecule has 0 fully saturated rings. The Morgan fingerprint density at radius 1 is 0.960 bits per heavy atom. The van der Waals surface area contributed by atoms with Crippen LogP contribution in [0.15, 0.2) is 59.8 Å². The van der Waals surface area contributed by atoms with E-state index in [1.807, 2.05) is 19.1 Å². The van der Waals surface area contributed by atoms with Gasteiger partial charge in [0.05, 0.1) is 7.11 Å². The number of rotatable bonds is 5. The number of anilines is 2. The number of allylic oxidation sites excluding steroid dienone is 2. The summed E-state index contributed by atoms with van der Waals surface area (Å²) >= 11 is 0. The molecule has 0 atom stereocenters. The fourth-order valence-corrected chi connectivity index (χ4v) is 2.69. The summed E-state index contributed by atoms with van der Waals surface area (Å²) in [6, 6.07) is 14.4. The third-order valence-corrected chi connectivity index (χ3v) is 4.26. The third kappa shape index (κ3) is 3.88. The summed E-state index contributed by atoms with van der Waals surface area (Å²) < 4.78 is 5.10. The van der Waals surface area contributed by atoms with Gasteiger partial charge in [0.1, 0.15) is 5.75 Å². The van der Waals surface area contributed by atoms with Gasteiger partial charge in [-0.3, -0.25) is 9.59 Å². The van der Waals surface area contributed by atoms with Crippen molar-refractivity contribution in [3.05, 3.63) is 65.4 Å². The first-order chi connectivity index (χ1) is 12.1. The van der Waals surface area contributed by atoms with Crippen molar-refractivity contribution in [2.45, 2.75) is 19.8 Å². The molecule has 1 amide bonds. The van der Waals surface area contributed by atoms with Crippen LogP contribution in [0.25, 0.3) is 0 Å². The van der Waals surface area contributed by atoms with E-state index in [-0.39, 0.29) is 11.7 Å². The second kappa shape index (κ2) is 7.21. The topological polar surface area (TPSA) is 67.4 Å². The molecule has 2 aromatic carbocycles. The highest BCUT2D eigenvalue weighted by Gasteiger charge is 2.19. The molecule has 0 saturated carbocycles. The van der Waals surface area contributed by atoms with Crippen LogP contribution in [0.2, 0.25) is 0 Å². The average Bonchev–Trinajstić information content (AvgIpc) is 2.95. The molecule has 1 aliphatic rings. The molecule has 5 heteroatoms. The molecule has 25 heavy (non-hydrogen) atoms. The zero-order chi connectivity index (χ0) is 17.8. The fraction of sp³-hybridized carbons (Fsp3) is 0.200. The van der Waals surface area contributed by atoms with E-state index < -0.39 is 0 Å². The first kappa shape index (κ1) is 16.8. The van der Waals surface area contributed by atoms with Crippen LogP contribution in [-0.4, -0.2) is 18.8 Å². The molecule has 3 rings (SSSR count). The van der Waals surface area contributed by atoms with Gasteiger partial charge in [-0.1, -0.05) is 0 Å². The number of carbonyl (C=O) groups excluding carboxylic acids is 2. The van der Waals surface area contributed by atoms with Crippen molar-refractivity contribution in [2.75, 3.05) is 17.7 Å². The first-order valence-electron chi connectivity index (χ1n) is 8.12. The van der Waals surface area contributed by atoms with Gasteiger partial charge in [0.15, 0.2) is 5.78 Å². The van der Waals surface area contributed by atoms with Crippen molar-refractivity contribution in [1.82, 2.24) is 0 Å². The molecule has 0 aliphatic heterocycles. The molecule has 0 heterocycles. The molecule has 0 aromatic heterocycles. The highest BCUT2D eigenvalue weighted by Crippen LogP contribution is 2.24. The van der Waals surface area contributed by atoms with Gasteiger partial charge in [-0.25, -0.2) is 0 Å². The minimum atomic E-state index is -0.178. The monoisotopic (exact) mass is 336 g/mol. The van der Waals surface area contributed by atoms with Gasteiger partial charge >= 0.3 is 0 Å². The van der Waals surface area contributed by atoms with Gasteiger partial charge < -0.3 is 15.4 Å². The summed E-state index contributed by atoms with van der Waals surface area (Å²) in [4.78, 5) is 23.9. The number of ketones is 1. The lowest BCUT2D eigenvalue weighted by Crippen LogP contribution is -2.11. The Morgan fingerprint density at radius 2 is 1.60 bits per heavy atom. The van der Waals surface area contributed by atoms with Crippen molar-refractivity contribution in [3.8, 4) is 5.75 Å².